The first-order chi connectivity index (χ1) is 7.52. The van der Waals surface area contributed by atoms with Gasteiger partial charge in [0, 0.05) is 10.3 Å². The van der Waals surface area contributed by atoms with Crippen LogP contribution in [0.2, 0.25) is 0 Å². The standard InChI is InChI=1S/C13H20BrNS/c1-9(2)7-15-8-10-6-13(10,3)11-4-5-12(14)16-11/h4-5,9-10,15H,6-8H2,1-3H3. The topological polar surface area (TPSA) is 12.0 Å². The summed E-state index contributed by atoms with van der Waals surface area (Å²) in [5.74, 6) is 1.58. The van der Waals surface area contributed by atoms with Crippen LogP contribution in [0.25, 0.3) is 0 Å². The third kappa shape index (κ3) is 2.69. The van der Waals surface area contributed by atoms with Gasteiger partial charge in [-0.3, -0.25) is 0 Å². The molecule has 1 nitrogen and oxygen atoms in total. The molecule has 1 saturated carbocycles. The molecule has 0 radical (unpaired) electrons. The molecule has 16 heavy (non-hydrogen) atoms. The molecule has 3 heteroatoms. The highest BCUT2D eigenvalue weighted by molar-refractivity contribution is 9.11. The molecule has 2 rings (SSSR count). The van der Waals surface area contributed by atoms with Crippen LogP contribution in [-0.4, -0.2) is 13.1 Å². The second-order valence-corrected chi connectivity index (χ2v) is 7.94. The van der Waals surface area contributed by atoms with E-state index in [4.69, 9.17) is 0 Å². The summed E-state index contributed by atoms with van der Waals surface area (Å²) < 4.78 is 1.25. The van der Waals surface area contributed by atoms with Crippen molar-refractivity contribution in [3.63, 3.8) is 0 Å². The third-order valence-corrected chi connectivity index (χ3v) is 5.39. The summed E-state index contributed by atoms with van der Waals surface area (Å²) in [6.07, 6.45) is 1.34. The van der Waals surface area contributed by atoms with Gasteiger partial charge >= 0.3 is 0 Å². The summed E-state index contributed by atoms with van der Waals surface area (Å²) >= 11 is 5.44. The SMILES string of the molecule is CC(C)CNCC1CC1(C)c1ccc(Br)s1. The lowest BCUT2D eigenvalue weighted by atomic mass is 10.0. The molecule has 1 heterocycles. The number of hydrogen-bond acceptors (Lipinski definition) is 2. The first-order valence-electron chi connectivity index (χ1n) is 5.99. The summed E-state index contributed by atoms with van der Waals surface area (Å²) in [6, 6.07) is 4.44. The molecule has 2 atom stereocenters. The van der Waals surface area contributed by atoms with Crippen molar-refractivity contribution in [2.75, 3.05) is 13.1 Å². The molecule has 0 aromatic carbocycles. The van der Waals surface area contributed by atoms with E-state index in [1.54, 1.807) is 0 Å². The maximum Gasteiger partial charge on any atom is 0.0701 e. The van der Waals surface area contributed by atoms with Gasteiger partial charge in [-0.15, -0.1) is 11.3 Å². The van der Waals surface area contributed by atoms with E-state index >= 15 is 0 Å². The Kier molecular flexibility index (Phi) is 3.77. The van der Waals surface area contributed by atoms with Gasteiger partial charge in [-0.25, -0.2) is 0 Å². The lowest BCUT2D eigenvalue weighted by Crippen LogP contribution is -2.24. The predicted octanol–water partition coefficient (Wildman–Crippen LogP) is 4.03. The van der Waals surface area contributed by atoms with Gasteiger partial charge in [0.05, 0.1) is 3.79 Å². The zero-order valence-corrected chi connectivity index (χ0v) is 12.6. The molecule has 90 valence electrons. The van der Waals surface area contributed by atoms with Gasteiger partial charge in [0.15, 0.2) is 0 Å². The molecule has 1 aliphatic carbocycles. The number of nitrogens with one attached hydrogen (secondary N) is 1. The van der Waals surface area contributed by atoms with Crippen LogP contribution < -0.4 is 5.32 Å². The molecule has 0 bridgehead atoms. The average Bonchev–Trinajstić information content (AvgIpc) is 2.66. The summed E-state index contributed by atoms with van der Waals surface area (Å²) in [4.78, 5) is 1.54. The second-order valence-electron chi connectivity index (χ2n) is 5.47. The molecule has 1 aromatic heterocycles. The van der Waals surface area contributed by atoms with E-state index in [1.807, 2.05) is 11.3 Å². The van der Waals surface area contributed by atoms with Crippen LogP contribution in [0.1, 0.15) is 32.1 Å². The van der Waals surface area contributed by atoms with Gasteiger partial charge in [0.2, 0.25) is 0 Å². The normalized spacial score (nSPS) is 28.7. The highest BCUT2D eigenvalue weighted by atomic mass is 79.9. The van der Waals surface area contributed by atoms with Crippen molar-refractivity contribution in [1.29, 1.82) is 0 Å². The molecular formula is C13H20BrNS. The van der Waals surface area contributed by atoms with E-state index in [2.05, 4.69) is 54.2 Å². The maximum absolute atomic E-state index is 3.57. The highest BCUT2D eigenvalue weighted by Gasteiger charge is 2.51. The Balaban J connectivity index is 1.84. The van der Waals surface area contributed by atoms with Crippen LogP contribution in [-0.2, 0) is 5.41 Å². The molecule has 2 unspecified atom stereocenters. The molecule has 1 aromatic rings. The van der Waals surface area contributed by atoms with Gasteiger partial charge in [-0.05, 0) is 59.4 Å². The minimum Gasteiger partial charge on any atom is -0.316 e. The molecule has 0 saturated heterocycles. The zero-order chi connectivity index (χ0) is 11.8. The summed E-state index contributed by atoms with van der Waals surface area (Å²) in [5, 5.41) is 3.57. The van der Waals surface area contributed by atoms with Crippen LogP contribution in [0.4, 0.5) is 0 Å². The number of thiophene rings is 1. The Morgan fingerprint density at radius 2 is 2.31 bits per heavy atom. The Bertz CT molecular complexity index is 361. The van der Waals surface area contributed by atoms with Crippen LogP contribution in [0.3, 0.4) is 0 Å². The minimum atomic E-state index is 0.445. The molecule has 1 N–H and O–H groups in total. The fraction of sp³-hybridized carbons (Fsp3) is 0.692. The van der Waals surface area contributed by atoms with Crippen LogP contribution in [0, 0.1) is 11.8 Å². The average molecular weight is 302 g/mol. The Hall–Kier alpha value is 0.140. The number of rotatable bonds is 5. The number of halogens is 1. The van der Waals surface area contributed by atoms with Crippen molar-refractivity contribution in [3.8, 4) is 0 Å². The molecule has 0 amide bonds. The van der Waals surface area contributed by atoms with Gasteiger partial charge in [0.1, 0.15) is 0 Å². The van der Waals surface area contributed by atoms with Crippen molar-refractivity contribution in [2.24, 2.45) is 11.8 Å². The van der Waals surface area contributed by atoms with E-state index in [1.165, 1.54) is 21.6 Å². The molecule has 1 fully saturated rings. The molecule has 1 aliphatic rings. The largest absolute Gasteiger partial charge is 0.316 e. The summed E-state index contributed by atoms with van der Waals surface area (Å²) in [7, 11) is 0. The van der Waals surface area contributed by atoms with Gasteiger partial charge in [0.25, 0.3) is 0 Å². The predicted molar refractivity (Wildman–Crippen MR) is 75.2 cm³/mol. The van der Waals surface area contributed by atoms with Crippen molar-refractivity contribution in [1.82, 2.24) is 5.32 Å². The Morgan fingerprint density at radius 1 is 1.56 bits per heavy atom. The van der Waals surface area contributed by atoms with E-state index in [0.717, 1.165) is 18.4 Å². The monoisotopic (exact) mass is 301 g/mol. The van der Waals surface area contributed by atoms with E-state index in [0.29, 0.717) is 5.41 Å². The van der Waals surface area contributed by atoms with Crippen LogP contribution in [0.15, 0.2) is 15.9 Å². The summed E-state index contributed by atoms with van der Waals surface area (Å²) in [6.45, 7) is 9.23. The molecule has 0 aliphatic heterocycles. The highest BCUT2D eigenvalue weighted by Crippen LogP contribution is 2.55. The van der Waals surface area contributed by atoms with Gasteiger partial charge < -0.3 is 5.32 Å². The first-order valence-corrected chi connectivity index (χ1v) is 7.60. The smallest absolute Gasteiger partial charge is 0.0701 e. The Labute approximate surface area is 111 Å². The fourth-order valence-corrected chi connectivity index (χ4v) is 3.84. The van der Waals surface area contributed by atoms with Crippen molar-refractivity contribution in [3.05, 3.63) is 20.8 Å². The molecule has 0 spiro atoms. The van der Waals surface area contributed by atoms with Crippen LogP contribution >= 0.6 is 27.3 Å². The second kappa shape index (κ2) is 4.79. The van der Waals surface area contributed by atoms with Crippen molar-refractivity contribution in [2.45, 2.75) is 32.6 Å². The lowest BCUT2D eigenvalue weighted by Gasteiger charge is -2.11. The van der Waals surface area contributed by atoms with E-state index < -0.39 is 0 Å². The Morgan fingerprint density at radius 3 is 2.88 bits per heavy atom. The quantitative estimate of drug-likeness (QED) is 0.866. The maximum atomic E-state index is 3.57. The van der Waals surface area contributed by atoms with Crippen LogP contribution in [0.5, 0.6) is 0 Å². The minimum absolute atomic E-state index is 0.445. The van der Waals surface area contributed by atoms with Gasteiger partial charge in [-0.1, -0.05) is 20.8 Å². The van der Waals surface area contributed by atoms with E-state index in [9.17, 15) is 0 Å². The van der Waals surface area contributed by atoms with Crippen molar-refractivity contribution < 1.29 is 0 Å². The fourth-order valence-electron chi connectivity index (χ4n) is 2.22. The number of hydrogen-bond donors (Lipinski definition) is 1. The summed E-state index contributed by atoms with van der Waals surface area (Å²) in [5.41, 5.74) is 0.445. The zero-order valence-electron chi connectivity index (χ0n) is 10.2. The van der Waals surface area contributed by atoms with E-state index in [-0.39, 0.29) is 0 Å². The third-order valence-electron chi connectivity index (χ3n) is 3.49. The first kappa shape index (κ1) is 12.6. The molecular weight excluding hydrogens is 282 g/mol. The van der Waals surface area contributed by atoms with Gasteiger partial charge in [-0.2, -0.15) is 0 Å². The lowest BCUT2D eigenvalue weighted by molar-refractivity contribution is 0.517. The van der Waals surface area contributed by atoms with Crippen molar-refractivity contribution >= 4 is 27.3 Å².